The highest BCUT2D eigenvalue weighted by atomic mass is 19.4. The van der Waals surface area contributed by atoms with Crippen LogP contribution in [0.5, 0.6) is 0 Å². The quantitative estimate of drug-likeness (QED) is 0.845. The predicted molar refractivity (Wildman–Crippen MR) is 57.3 cm³/mol. The van der Waals surface area contributed by atoms with E-state index in [9.17, 15) is 22.0 Å². The topological polar surface area (TPSA) is 40.7 Å². The lowest BCUT2D eigenvalue weighted by molar-refractivity contribution is -0.141. The summed E-state index contributed by atoms with van der Waals surface area (Å²) in [6, 6.07) is 3.95. The molecule has 0 atom stereocenters. The lowest BCUT2D eigenvalue weighted by Crippen LogP contribution is -2.04. The molecule has 0 aliphatic heterocycles. The molecule has 0 saturated carbocycles. The lowest BCUT2D eigenvalue weighted by Gasteiger charge is -2.04. The van der Waals surface area contributed by atoms with Crippen LogP contribution in [-0.2, 0) is 12.7 Å². The van der Waals surface area contributed by atoms with Gasteiger partial charge in [0.2, 0.25) is 0 Å². The first-order valence-corrected chi connectivity index (χ1v) is 5.16. The summed E-state index contributed by atoms with van der Waals surface area (Å²) in [5.41, 5.74) is -0.603. The van der Waals surface area contributed by atoms with E-state index in [0.717, 1.165) is 18.2 Å². The zero-order chi connectivity index (χ0) is 14.0. The number of aromatic amines is 1. The van der Waals surface area contributed by atoms with E-state index < -0.39 is 23.5 Å². The van der Waals surface area contributed by atoms with Gasteiger partial charge in [-0.3, -0.25) is 5.10 Å². The number of rotatable bonds is 3. The van der Waals surface area contributed by atoms with Crippen LogP contribution >= 0.6 is 0 Å². The van der Waals surface area contributed by atoms with Gasteiger partial charge in [0, 0.05) is 11.8 Å². The fourth-order valence-corrected chi connectivity index (χ4v) is 1.40. The van der Waals surface area contributed by atoms with Gasteiger partial charge in [0.1, 0.15) is 0 Å². The van der Waals surface area contributed by atoms with Crippen LogP contribution < -0.4 is 5.32 Å². The van der Waals surface area contributed by atoms with E-state index in [-0.39, 0.29) is 17.9 Å². The van der Waals surface area contributed by atoms with Crippen LogP contribution in [0.3, 0.4) is 0 Å². The maximum atomic E-state index is 12.9. The van der Waals surface area contributed by atoms with Crippen LogP contribution in [0.25, 0.3) is 0 Å². The molecule has 0 aliphatic rings. The van der Waals surface area contributed by atoms with Gasteiger partial charge >= 0.3 is 6.18 Å². The normalized spacial score (nSPS) is 11.6. The third-order valence-corrected chi connectivity index (χ3v) is 2.32. The molecule has 0 spiro atoms. The van der Waals surface area contributed by atoms with Crippen molar-refractivity contribution in [3.63, 3.8) is 0 Å². The maximum Gasteiger partial charge on any atom is 0.435 e. The number of nitrogens with one attached hydrogen (secondary N) is 2. The minimum Gasteiger partial charge on any atom is -0.379 e. The van der Waals surface area contributed by atoms with Gasteiger partial charge in [-0.2, -0.15) is 18.3 Å². The fourth-order valence-electron chi connectivity index (χ4n) is 1.40. The molecule has 0 fully saturated rings. The van der Waals surface area contributed by atoms with Crippen molar-refractivity contribution < 1.29 is 22.0 Å². The summed E-state index contributed by atoms with van der Waals surface area (Å²) in [5.74, 6) is -2.03. The highest BCUT2D eigenvalue weighted by Gasteiger charge is 2.33. The van der Waals surface area contributed by atoms with Crippen molar-refractivity contribution >= 4 is 5.69 Å². The highest BCUT2D eigenvalue weighted by Crippen LogP contribution is 2.27. The summed E-state index contributed by atoms with van der Waals surface area (Å²) in [7, 11) is 0. The number of anilines is 1. The average molecular weight is 277 g/mol. The molecule has 1 aromatic heterocycles. The van der Waals surface area contributed by atoms with E-state index in [2.05, 4.69) is 15.5 Å². The predicted octanol–water partition coefficient (Wildman–Crippen LogP) is 3.32. The van der Waals surface area contributed by atoms with Gasteiger partial charge in [0.15, 0.2) is 17.3 Å². The number of hydrogen-bond acceptors (Lipinski definition) is 2. The van der Waals surface area contributed by atoms with Gasteiger partial charge in [-0.1, -0.05) is 0 Å². The Kier molecular flexibility index (Phi) is 3.41. The first-order chi connectivity index (χ1) is 8.86. The zero-order valence-corrected chi connectivity index (χ0v) is 9.35. The molecular formula is C11H8F5N3. The second-order valence-electron chi connectivity index (χ2n) is 3.76. The van der Waals surface area contributed by atoms with Crippen molar-refractivity contribution in [1.29, 1.82) is 0 Å². The van der Waals surface area contributed by atoms with Crippen LogP contribution in [0.1, 0.15) is 11.4 Å². The van der Waals surface area contributed by atoms with Gasteiger partial charge in [-0.15, -0.1) is 0 Å². The molecule has 102 valence electrons. The van der Waals surface area contributed by atoms with Crippen molar-refractivity contribution in [3.8, 4) is 0 Å². The number of H-pyrrole nitrogens is 1. The van der Waals surface area contributed by atoms with Crippen molar-refractivity contribution in [1.82, 2.24) is 10.2 Å². The number of hydrogen-bond donors (Lipinski definition) is 2. The molecule has 0 saturated heterocycles. The molecule has 0 radical (unpaired) electrons. The van der Waals surface area contributed by atoms with Gasteiger partial charge in [0.05, 0.1) is 12.2 Å². The van der Waals surface area contributed by atoms with Gasteiger partial charge in [0.25, 0.3) is 0 Å². The number of nitrogens with zero attached hydrogens (tertiary/aromatic N) is 1. The molecule has 0 bridgehead atoms. The molecule has 1 aromatic carbocycles. The molecular weight excluding hydrogens is 269 g/mol. The Morgan fingerprint density at radius 2 is 1.84 bits per heavy atom. The smallest absolute Gasteiger partial charge is 0.379 e. The second-order valence-corrected chi connectivity index (χ2v) is 3.76. The van der Waals surface area contributed by atoms with Crippen molar-refractivity contribution in [2.45, 2.75) is 12.7 Å². The summed E-state index contributed by atoms with van der Waals surface area (Å²) >= 11 is 0. The first kappa shape index (κ1) is 13.3. The van der Waals surface area contributed by atoms with E-state index >= 15 is 0 Å². The Labute approximate surface area is 104 Å². The molecule has 0 aliphatic carbocycles. The Balaban J connectivity index is 2.02. The third kappa shape index (κ3) is 3.21. The molecule has 2 aromatic rings. The molecule has 8 heteroatoms. The Hall–Kier alpha value is -2.12. The van der Waals surface area contributed by atoms with Crippen LogP contribution in [-0.4, -0.2) is 10.2 Å². The second kappa shape index (κ2) is 4.87. The molecule has 0 unspecified atom stereocenters. The van der Waals surface area contributed by atoms with E-state index in [0.29, 0.717) is 0 Å². The number of aromatic nitrogens is 2. The van der Waals surface area contributed by atoms with Gasteiger partial charge < -0.3 is 5.32 Å². The van der Waals surface area contributed by atoms with E-state index in [1.54, 1.807) is 0 Å². The van der Waals surface area contributed by atoms with Gasteiger partial charge in [-0.25, -0.2) is 8.78 Å². The van der Waals surface area contributed by atoms with Crippen LogP contribution in [0.2, 0.25) is 0 Å². The minimum atomic E-state index is -4.52. The molecule has 19 heavy (non-hydrogen) atoms. The summed E-state index contributed by atoms with van der Waals surface area (Å²) in [5, 5.41) is 7.96. The number of halogens is 5. The summed E-state index contributed by atoms with van der Waals surface area (Å²) in [6.45, 7) is -0.0197. The molecule has 3 nitrogen and oxygen atoms in total. The lowest BCUT2D eigenvalue weighted by atomic mass is 10.3. The van der Waals surface area contributed by atoms with Crippen molar-refractivity contribution in [3.05, 3.63) is 47.3 Å². The summed E-state index contributed by atoms with van der Waals surface area (Å²) < 4.78 is 62.3. The Morgan fingerprint density at radius 3 is 2.42 bits per heavy atom. The molecule has 2 N–H and O–H groups in total. The average Bonchev–Trinajstić information content (AvgIpc) is 2.79. The van der Waals surface area contributed by atoms with Gasteiger partial charge in [-0.05, 0) is 18.2 Å². The molecule has 1 heterocycles. The first-order valence-electron chi connectivity index (χ1n) is 5.16. The Bertz CT molecular complexity index is 576. The largest absolute Gasteiger partial charge is 0.435 e. The van der Waals surface area contributed by atoms with Crippen LogP contribution in [0, 0.1) is 11.6 Å². The summed E-state index contributed by atoms with van der Waals surface area (Å²) in [4.78, 5) is 0. The van der Waals surface area contributed by atoms with Crippen molar-refractivity contribution in [2.75, 3.05) is 5.32 Å². The Morgan fingerprint density at radius 1 is 1.11 bits per heavy atom. The molecule has 2 rings (SSSR count). The van der Waals surface area contributed by atoms with Crippen LogP contribution in [0.15, 0.2) is 24.3 Å². The maximum absolute atomic E-state index is 12.9. The molecule has 0 amide bonds. The zero-order valence-electron chi connectivity index (χ0n) is 9.35. The van der Waals surface area contributed by atoms with E-state index in [1.165, 1.54) is 6.07 Å². The minimum absolute atomic E-state index is 0.0197. The fraction of sp³-hybridized carbons (Fsp3) is 0.182. The van der Waals surface area contributed by atoms with Crippen molar-refractivity contribution in [2.24, 2.45) is 0 Å². The number of alkyl halides is 3. The SMILES string of the molecule is Fc1ccc(NCc2cc(C(F)(F)F)n[nH]2)cc1F. The highest BCUT2D eigenvalue weighted by molar-refractivity contribution is 5.43. The summed E-state index contributed by atoms with van der Waals surface area (Å²) in [6.07, 6.45) is -4.52. The van der Waals surface area contributed by atoms with E-state index in [1.807, 2.05) is 0 Å². The number of benzene rings is 1. The van der Waals surface area contributed by atoms with Crippen LogP contribution in [0.4, 0.5) is 27.6 Å². The monoisotopic (exact) mass is 277 g/mol. The third-order valence-electron chi connectivity index (χ3n) is 2.32. The standard InChI is InChI=1S/C11H8F5N3/c12-8-2-1-6(3-9(8)13)17-5-7-4-10(19-18-7)11(14,15)16/h1-4,17H,5H2,(H,18,19). The van der Waals surface area contributed by atoms with E-state index in [4.69, 9.17) is 0 Å².